The van der Waals surface area contributed by atoms with Gasteiger partial charge in [0.1, 0.15) is 18.5 Å². The van der Waals surface area contributed by atoms with Gasteiger partial charge in [0.2, 0.25) is 0 Å². The van der Waals surface area contributed by atoms with E-state index in [1.165, 1.54) is 12.8 Å². The van der Waals surface area contributed by atoms with Crippen molar-refractivity contribution >= 4 is 11.6 Å². The van der Waals surface area contributed by atoms with Crippen molar-refractivity contribution in [3.05, 3.63) is 29.3 Å². The molecule has 4 heteroatoms. The highest BCUT2D eigenvalue weighted by atomic mass is 35.5. The number of aliphatic hydroxyl groups excluding tert-OH is 1. The third-order valence-corrected chi connectivity index (χ3v) is 3.79. The molecule has 0 aromatic heterocycles. The normalized spacial score (nSPS) is 22.2. The maximum Gasteiger partial charge on any atom is 0.138 e. The molecule has 2 rings (SSSR count). The average molecular weight is 284 g/mol. The quantitative estimate of drug-likeness (QED) is 0.902. The van der Waals surface area contributed by atoms with Gasteiger partial charge in [-0.25, -0.2) is 0 Å². The van der Waals surface area contributed by atoms with Gasteiger partial charge in [0, 0.05) is 13.1 Å². The monoisotopic (exact) mass is 283 g/mol. The zero-order valence-corrected chi connectivity index (χ0v) is 12.1. The summed E-state index contributed by atoms with van der Waals surface area (Å²) >= 11 is 6.00. The molecule has 3 nitrogen and oxygen atoms in total. The van der Waals surface area contributed by atoms with E-state index in [4.69, 9.17) is 16.3 Å². The summed E-state index contributed by atoms with van der Waals surface area (Å²) in [6, 6.07) is 7.34. The second kappa shape index (κ2) is 7.13. The first-order chi connectivity index (χ1) is 9.15. The van der Waals surface area contributed by atoms with Crippen LogP contribution < -0.4 is 4.74 Å². The highest BCUT2D eigenvalue weighted by Gasteiger charge is 2.19. The van der Waals surface area contributed by atoms with Crippen molar-refractivity contribution in [3.8, 4) is 5.75 Å². The molecule has 0 amide bonds. The number of para-hydroxylation sites is 1. The zero-order chi connectivity index (χ0) is 13.7. The van der Waals surface area contributed by atoms with Gasteiger partial charge in [0.05, 0.1) is 5.02 Å². The molecule has 0 bridgehead atoms. The number of aliphatic hydroxyl groups is 1. The van der Waals surface area contributed by atoms with Crippen LogP contribution in [0.15, 0.2) is 24.3 Å². The van der Waals surface area contributed by atoms with Crippen molar-refractivity contribution in [2.75, 3.05) is 26.2 Å². The third kappa shape index (κ3) is 4.68. The number of hydrogen-bond donors (Lipinski definition) is 1. The highest BCUT2D eigenvalue weighted by Crippen LogP contribution is 2.23. The van der Waals surface area contributed by atoms with Crippen LogP contribution in [0.4, 0.5) is 0 Å². The van der Waals surface area contributed by atoms with Crippen molar-refractivity contribution in [3.63, 3.8) is 0 Å². The van der Waals surface area contributed by atoms with E-state index in [1.807, 2.05) is 18.2 Å². The van der Waals surface area contributed by atoms with E-state index in [-0.39, 0.29) is 6.61 Å². The summed E-state index contributed by atoms with van der Waals surface area (Å²) in [6.45, 7) is 5.37. The van der Waals surface area contributed by atoms with Crippen molar-refractivity contribution in [2.45, 2.75) is 25.9 Å². The molecule has 0 saturated carbocycles. The zero-order valence-electron chi connectivity index (χ0n) is 11.4. The van der Waals surface area contributed by atoms with Crippen LogP contribution in [0.5, 0.6) is 5.75 Å². The molecule has 1 fully saturated rings. The maximum atomic E-state index is 10.0. The molecular weight excluding hydrogens is 262 g/mol. The summed E-state index contributed by atoms with van der Waals surface area (Å²) in [5.74, 6) is 1.36. The van der Waals surface area contributed by atoms with E-state index in [0.29, 0.717) is 17.3 Å². The number of benzene rings is 1. The summed E-state index contributed by atoms with van der Waals surface area (Å²) in [5.41, 5.74) is 0. The van der Waals surface area contributed by atoms with Crippen LogP contribution in [-0.2, 0) is 0 Å². The fraction of sp³-hybridized carbons (Fsp3) is 0.600. The number of hydrogen-bond acceptors (Lipinski definition) is 3. The molecule has 1 aliphatic rings. The van der Waals surface area contributed by atoms with Crippen molar-refractivity contribution in [1.29, 1.82) is 0 Å². The molecule has 0 radical (unpaired) electrons. The minimum atomic E-state index is -0.471. The maximum absolute atomic E-state index is 10.0. The summed E-state index contributed by atoms with van der Waals surface area (Å²) < 4.78 is 5.56. The molecule has 1 aromatic rings. The Kier molecular flexibility index (Phi) is 5.49. The second-order valence-electron chi connectivity index (χ2n) is 5.40. The van der Waals surface area contributed by atoms with Crippen LogP contribution in [0.2, 0.25) is 5.02 Å². The van der Waals surface area contributed by atoms with Gasteiger partial charge in [0.15, 0.2) is 0 Å². The van der Waals surface area contributed by atoms with E-state index in [1.54, 1.807) is 6.07 Å². The van der Waals surface area contributed by atoms with Gasteiger partial charge in [-0.15, -0.1) is 0 Å². The van der Waals surface area contributed by atoms with Gasteiger partial charge in [0.25, 0.3) is 0 Å². The summed E-state index contributed by atoms with van der Waals surface area (Å²) in [4.78, 5) is 2.31. The number of β-amino-alcohol motifs (C(OH)–C–C–N with tert-alkyl or cyclic N) is 1. The summed E-state index contributed by atoms with van der Waals surface area (Å²) in [6.07, 6.45) is 2.05. The largest absolute Gasteiger partial charge is 0.489 e. The van der Waals surface area contributed by atoms with Gasteiger partial charge in [-0.1, -0.05) is 30.7 Å². The lowest BCUT2D eigenvalue weighted by atomic mass is 10.0. The van der Waals surface area contributed by atoms with Crippen LogP contribution in [0.1, 0.15) is 19.8 Å². The van der Waals surface area contributed by atoms with Crippen LogP contribution in [-0.4, -0.2) is 42.4 Å². The first kappa shape index (κ1) is 14.6. The first-order valence-corrected chi connectivity index (χ1v) is 7.30. The van der Waals surface area contributed by atoms with Gasteiger partial charge in [-0.2, -0.15) is 0 Å². The molecule has 0 aliphatic carbocycles. The topological polar surface area (TPSA) is 32.7 Å². The Balaban J connectivity index is 1.75. The van der Waals surface area contributed by atoms with Crippen LogP contribution in [0.25, 0.3) is 0 Å². The Morgan fingerprint density at radius 3 is 3.00 bits per heavy atom. The number of likely N-dealkylation sites (tertiary alicyclic amines) is 1. The minimum Gasteiger partial charge on any atom is -0.489 e. The lowest BCUT2D eigenvalue weighted by molar-refractivity contribution is 0.0537. The van der Waals surface area contributed by atoms with Gasteiger partial charge >= 0.3 is 0 Å². The molecular formula is C15H22ClNO2. The van der Waals surface area contributed by atoms with Crippen molar-refractivity contribution < 1.29 is 9.84 Å². The Labute approximate surface area is 120 Å². The molecule has 0 spiro atoms. The molecule has 1 saturated heterocycles. The van der Waals surface area contributed by atoms with Crippen LogP contribution >= 0.6 is 11.6 Å². The number of rotatable bonds is 5. The number of ether oxygens (including phenoxy) is 1. The number of nitrogens with zero attached hydrogens (tertiary/aromatic N) is 1. The fourth-order valence-corrected chi connectivity index (χ4v) is 2.74. The Morgan fingerprint density at radius 1 is 1.47 bits per heavy atom. The predicted octanol–water partition coefficient (Wildman–Crippen LogP) is 2.81. The predicted molar refractivity (Wildman–Crippen MR) is 77.8 cm³/mol. The Hall–Kier alpha value is -0.770. The standard InChI is InChI=1S/C15H22ClNO2/c1-12-5-4-8-17(9-12)10-13(18)11-19-15-7-3-2-6-14(15)16/h2-3,6-7,12-13,18H,4-5,8-11H2,1H3/t12-,13-/m0/s1. The second-order valence-corrected chi connectivity index (χ2v) is 5.81. The van der Waals surface area contributed by atoms with Crippen LogP contribution in [0.3, 0.4) is 0 Å². The highest BCUT2D eigenvalue weighted by molar-refractivity contribution is 6.32. The molecule has 2 atom stereocenters. The van der Waals surface area contributed by atoms with Crippen molar-refractivity contribution in [2.24, 2.45) is 5.92 Å². The molecule has 19 heavy (non-hydrogen) atoms. The lowest BCUT2D eigenvalue weighted by Gasteiger charge is -2.32. The van der Waals surface area contributed by atoms with E-state index in [2.05, 4.69) is 11.8 Å². The SMILES string of the molecule is C[C@H]1CCCN(C[C@H](O)COc2ccccc2Cl)C1. The number of halogens is 1. The fourth-order valence-electron chi connectivity index (χ4n) is 2.55. The molecule has 106 valence electrons. The molecule has 1 aromatic carbocycles. The Morgan fingerprint density at radius 2 is 2.26 bits per heavy atom. The average Bonchev–Trinajstić information content (AvgIpc) is 2.38. The first-order valence-electron chi connectivity index (χ1n) is 6.93. The molecule has 1 aliphatic heterocycles. The smallest absolute Gasteiger partial charge is 0.138 e. The van der Waals surface area contributed by atoms with Gasteiger partial charge in [-0.05, 0) is 37.4 Å². The summed E-state index contributed by atoms with van der Waals surface area (Å²) in [5, 5.41) is 10.6. The third-order valence-electron chi connectivity index (χ3n) is 3.48. The Bertz CT molecular complexity index is 399. The van der Waals surface area contributed by atoms with Gasteiger partial charge in [-0.3, -0.25) is 0 Å². The van der Waals surface area contributed by atoms with E-state index in [9.17, 15) is 5.11 Å². The summed E-state index contributed by atoms with van der Waals surface area (Å²) in [7, 11) is 0. The van der Waals surface area contributed by atoms with E-state index < -0.39 is 6.10 Å². The lowest BCUT2D eigenvalue weighted by Crippen LogP contribution is -2.41. The molecule has 0 unspecified atom stereocenters. The molecule has 1 heterocycles. The molecule has 1 N–H and O–H groups in total. The van der Waals surface area contributed by atoms with E-state index in [0.717, 1.165) is 19.0 Å². The van der Waals surface area contributed by atoms with Gasteiger partial charge < -0.3 is 14.7 Å². The van der Waals surface area contributed by atoms with Crippen LogP contribution in [0, 0.1) is 5.92 Å². The van der Waals surface area contributed by atoms with Crippen molar-refractivity contribution in [1.82, 2.24) is 4.90 Å². The van der Waals surface area contributed by atoms with E-state index >= 15 is 0 Å². The minimum absolute atomic E-state index is 0.286. The number of piperidine rings is 1.